The topological polar surface area (TPSA) is 69.9 Å². The SMILES string of the molecule is Cn1nnc(CC(=O)C2CCOC2)n1. The lowest BCUT2D eigenvalue weighted by atomic mass is 10.0. The van der Waals surface area contributed by atoms with Crippen LogP contribution in [0.5, 0.6) is 0 Å². The lowest BCUT2D eigenvalue weighted by molar-refractivity contribution is -0.122. The van der Waals surface area contributed by atoms with Gasteiger partial charge in [0, 0.05) is 12.5 Å². The predicted octanol–water partition coefficient (Wildman–Crippen LogP) is -0.642. The van der Waals surface area contributed by atoms with Crippen molar-refractivity contribution in [1.82, 2.24) is 20.2 Å². The van der Waals surface area contributed by atoms with Crippen molar-refractivity contribution < 1.29 is 9.53 Å². The molecule has 2 rings (SSSR count). The zero-order chi connectivity index (χ0) is 9.97. The Hall–Kier alpha value is -1.30. The Morgan fingerprint density at radius 3 is 3.14 bits per heavy atom. The van der Waals surface area contributed by atoms with E-state index in [4.69, 9.17) is 4.74 Å². The van der Waals surface area contributed by atoms with Gasteiger partial charge in [0.05, 0.1) is 20.1 Å². The van der Waals surface area contributed by atoms with Gasteiger partial charge in [-0.05, 0) is 11.6 Å². The number of hydrogen-bond acceptors (Lipinski definition) is 5. The van der Waals surface area contributed by atoms with Gasteiger partial charge in [-0.1, -0.05) is 0 Å². The van der Waals surface area contributed by atoms with Crippen molar-refractivity contribution >= 4 is 5.78 Å². The Balaban J connectivity index is 1.93. The van der Waals surface area contributed by atoms with Crippen LogP contribution in [0.15, 0.2) is 0 Å². The fourth-order valence-electron chi connectivity index (χ4n) is 1.48. The van der Waals surface area contributed by atoms with Crippen LogP contribution in [0.25, 0.3) is 0 Å². The van der Waals surface area contributed by atoms with Crippen LogP contribution in [-0.4, -0.2) is 39.2 Å². The van der Waals surface area contributed by atoms with Crippen molar-refractivity contribution in [3.8, 4) is 0 Å². The first-order valence-electron chi connectivity index (χ1n) is 4.59. The van der Waals surface area contributed by atoms with Crippen LogP contribution in [0.4, 0.5) is 0 Å². The molecule has 1 saturated heterocycles. The number of carbonyl (C=O) groups excluding carboxylic acids is 1. The molecule has 1 atom stereocenters. The zero-order valence-electron chi connectivity index (χ0n) is 8.01. The fourth-order valence-corrected chi connectivity index (χ4v) is 1.48. The number of rotatable bonds is 3. The second kappa shape index (κ2) is 3.83. The van der Waals surface area contributed by atoms with Gasteiger partial charge in [0.2, 0.25) is 0 Å². The minimum atomic E-state index is 0.0267. The maximum absolute atomic E-state index is 11.6. The summed E-state index contributed by atoms with van der Waals surface area (Å²) in [6.07, 6.45) is 1.08. The molecule has 1 fully saturated rings. The van der Waals surface area contributed by atoms with Crippen LogP contribution in [0.3, 0.4) is 0 Å². The highest BCUT2D eigenvalue weighted by Crippen LogP contribution is 2.14. The fraction of sp³-hybridized carbons (Fsp3) is 0.750. The van der Waals surface area contributed by atoms with Crippen molar-refractivity contribution in [2.45, 2.75) is 12.8 Å². The van der Waals surface area contributed by atoms with Crippen molar-refractivity contribution in [3.05, 3.63) is 5.82 Å². The first-order valence-corrected chi connectivity index (χ1v) is 4.59. The molecule has 2 heterocycles. The summed E-state index contributed by atoms with van der Waals surface area (Å²) in [7, 11) is 1.68. The molecule has 0 aromatic carbocycles. The molecule has 0 radical (unpaired) electrons. The summed E-state index contributed by atoms with van der Waals surface area (Å²) in [5, 5.41) is 11.4. The number of ketones is 1. The van der Waals surface area contributed by atoms with Gasteiger partial charge in [-0.15, -0.1) is 10.2 Å². The third-order valence-corrected chi connectivity index (χ3v) is 2.27. The average molecular weight is 196 g/mol. The number of carbonyl (C=O) groups is 1. The van der Waals surface area contributed by atoms with E-state index in [0.717, 1.165) is 6.42 Å². The van der Waals surface area contributed by atoms with Crippen LogP contribution < -0.4 is 0 Å². The Morgan fingerprint density at radius 1 is 1.71 bits per heavy atom. The Bertz CT molecular complexity index is 330. The molecule has 1 aliphatic heterocycles. The molecule has 76 valence electrons. The van der Waals surface area contributed by atoms with Crippen molar-refractivity contribution in [1.29, 1.82) is 0 Å². The highest BCUT2D eigenvalue weighted by molar-refractivity contribution is 5.82. The van der Waals surface area contributed by atoms with Gasteiger partial charge < -0.3 is 4.74 Å². The second-order valence-corrected chi connectivity index (χ2v) is 3.40. The van der Waals surface area contributed by atoms with E-state index in [1.165, 1.54) is 4.80 Å². The minimum Gasteiger partial charge on any atom is -0.381 e. The van der Waals surface area contributed by atoms with E-state index in [-0.39, 0.29) is 18.1 Å². The maximum Gasteiger partial charge on any atom is 0.182 e. The summed E-state index contributed by atoms with van der Waals surface area (Å²) in [6, 6.07) is 0. The maximum atomic E-state index is 11.6. The molecule has 0 spiro atoms. The molecule has 14 heavy (non-hydrogen) atoms. The summed E-state index contributed by atoms with van der Waals surface area (Å²) >= 11 is 0. The summed E-state index contributed by atoms with van der Waals surface area (Å²) in [6.45, 7) is 1.23. The summed E-state index contributed by atoms with van der Waals surface area (Å²) < 4.78 is 5.14. The van der Waals surface area contributed by atoms with Gasteiger partial charge in [-0.25, -0.2) is 0 Å². The van der Waals surface area contributed by atoms with Crippen molar-refractivity contribution in [2.24, 2.45) is 13.0 Å². The summed E-state index contributed by atoms with van der Waals surface area (Å²) in [5.41, 5.74) is 0. The second-order valence-electron chi connectivity index (χ2n) is 3.40. The molecular weight excluding hydrogens is 184 g/mol. The normalized spacial score (nSPS) is 21.4. The quantitative estimate of drug-likeness (QED) is 0.643. The van der Waals surface area contributed by atoms with Gasteiger partial charge in [0.25, 0.3) is 0 Å². The van der Waals surface area contributed by atoms with E-state index in [1.54, 1.807) is 7.05 Å². The highest BCUT2D eigenvalue weighted by atomic mass is 16.5. The monoisotopic (exact) mass is 196 g/mol. The molecule has 6 nitrogen and oxygen atoms in total. The van der Waals surface area contributed by atoms with Crippen LogP contribution in [-0.2, 0) is 23.0 Å². The number of Topliss-reactive ketones (excluding diaryl/α,β-unsaturated/α-hetero) is 1. The zero-order valence-corrected chi connectivity index (χ0v) is 8.01. The molecule has 1 aromatic heterocycles. The Morgan fingerprint density at radius 2 is 2.57 bits per heavy atom. The lowest BCUT2D eigenvalue weighted by Gasteiger charge is -2.02. The van der Waals surface area contributed by atoms with E-state index in [0.29, 0.717) is 19.0 Å². The van der Waals surface area contributed by atoms with Gasteiger partial charge in [-0.3, -0.25) is 4.79 Å². The molecular formula is C8H12N4O2. The molecule has 1 aromatic rings. The Labute approximate surface area is 81.2 Å². The van der Waals surface area contributed by atoms with Gasteiger partial charge >= 0.3 is 0 Å². The van der Waals surface area contributed by atoms with Crippen LogP contribution >= 0.6 is 0 Å². The first-order chi connectivity index (χ1) is 6.75. The van der Waals surface area contributed by atoms with Crippen molar-refractivity contribution in [3.63, 3.8) is 0 Å². The van der Waals surface area contributed by atoms with E-state index in [1.807, 2.05) is 0 Å². The van der Waals surface area contributed by atoms with Crippen LogP contribution in [0, 0.1) is 5.92 Å². The summed E-state index contributed by atoms with van der Waals surface area (Å²) in [4.78, 5) is 13.0. The molecule has 0 bridgehead atoms. The average Bonchev–Trinajstić information content (AvgIpc) is 2.75. The largest absolute Gasteiger partial charge is 0.381 e. The van der Waals surface area contributed by atoms with E-state index >= 15 is 0 Å². The number of nitrogens with zero attached hydrogens (tertiary/aromatic N) is 4. The molecule has 6 heteroatoms. The lowest BCUT2D eigenvalue weighted by Crippen LogP contribution is -2.17. The van der Waals surface area contributed by atoms with Gasteiger partial charge in [-0.2, -0.15) is 4.80 Å². The molecule has 0 aliphatic carbocycles. The molecule has 1 unspecified atom stereocenters. The number of hydrogen-bond donors (Lipinski definition) is 0. The van der Waals surface area contributed by atoms with E-state index in [2.05, 4.69) is 15.4 Å². The first kappa shape index (κ1) is 9.26. The number of aryl methyl sites for hydroxylation is 1. The Kier molecular flexibility index (Phi) is 2.53. The minimum absolute atomic E-state index is 0.0267. The third-order valence-electron chi connectivity index (χ3n) is 2.27. The van der Waals surface area contributed by atoms with Crippen LogP contribution in [0.2, 0.25) is 0 Å². The number of aromatic nitrogens is 4. The predicted molar refractivity (Wildman–Crippen MR) is 46.4 cm³/mol. The van der Waals surface area contributed by atoms with Gasteiger partial charge in [0.1, 0.15) is 5.78 Å². The molecule has 1 aliphatic rings. The number of ether oxygens (including phenoxy) is 1. The third kappa shape index (κ3) is 1.95. The molecule has 0 saturated carbocycles. The van der Waals surface area contributed by atoms with Crippen molar-refractivity contribution in [2.75, 3.05) is 13.2 Å². The van der Waals surface area contributed by atoms with E-state index in [9.17, 15) is 4.79 Å². The standard InChI is InChI=1S/C8H12N4O2/c1-12-10-8(9-11-12)4-7(13)6-2-3-14-5-6/h6H,2-5H2,1H3. The van der Waals surface area contributed by atoms with Crippen LogP contribution in [0.1, 0.15) is 12.2 Å². The number of tetrazole rings is 1. The summed E-state index contributed by atoms with van der Waals surface area (Å²) in [5.74, 6) is 0.665. The molecule has 0 N–H and O–H groups in total. The van der Waals surface area contributed by atoms with Gasteiger partial charge in [0.15, 0.2) is 5.82 Å². The highest BCUT2D eigenvalue weighted by Gasteiger charge is 2.24. The molecule has 0 amide bonds. The smallest absolute Gasteiger partial charge is 0.182 e. The van der Waals surface area contributed by atoms with E-state index < -0.39 is 0 Å².